The molecular weight excluding hydrogens is 372 g/mol. The number of piperidine rings is 1. The Hall–Kier alpha value is -2.27. The number of anilines is 2. The molecule has 2 N–H and O–H groups in total. The fourth-order valence-corrected chi connectivity index (χ4v) is 5.26. The molecule has 5 heteroatoms. The predicted molar refractivity (Wildman–Crippen MR) is 122 cm³/mol. The van der Waals surface area contributed by atoms with Gasteiger partial charge in [-0.3, -0.25) is 4.98 Å². The molecule has 30 heavy (non-hydrogen) atoms. The van der Waals surface area contributed by atoms with Gasteiger partial charge in [0.05, 0.1) is 18.1 Å². The van der Waals surface area contributed by atoms with E-state index in [1.165, 1.54) is 61.9 Å². The zero-order chi connectivity index (χ0) is 20.2. The van der Waals surface area contributed by atoms with Gasteiger partial charge in [-0.2, -0.15) is 0 Å². The summed E-state index contributed by atoms with van der Waals surface area (Å²) >= 11 is 0. The zero-order valence-corrected chi connectivity index (χ0v) is 17.9. The normalized spacial score (nSPS) is 24.3. The molecule has 5 nitrogen and oxygen atoms in total. The molecule has 1 aromatic carbocycles. The van der Waals surface area contributed by atoms with Crippen LogP contribution < -0.4 is 20.3 Å². The van der Waals surface area contributed by atoms with E-state index in [0.29, 0.717) is 12.1 Å². The summed E-state index contributed by atoms with van der Waals surface area (Å²) in [5.74, 6) is 1.71. The third kappa shape index (κ3) is 4.72. The lowest BCUT2D eigenvalue weighted by Crippen LogP contribution is -2.36. The van der Waals surface area contributed by atoms with Gasteiger partial charge in [-0.25, -0.2) is 0 Å². The topological polar surface area (TPSA) is 49.4 Å². The van der Waals surface area contributed by atoms with Gasteiger partial charge >= 0.3 is 0 Å². The number of nitrogens with one attached hydrogen (secondary N) is 2. The lowest BCUT2D eigenvalue weighted by molar-refractivity contribution is 0.276. The second-order valence-electron chi connectivity index (χ2n) is 9.19. The van der Waals surface area contributed by atoms with Gasteiger partial charge in [-0.05, 0) is 69.0 Å². The summed E-state index contributed by atoms with van der Waals surface area (Å²) in [5.41, 5.74) is 4.03. The highest BCUT2D eigenvalue weighted by Gasteiger charge is 2.25. The number of aromatic nitrogens is 1. The molecule has 3 aliphatic rings. The largest absolute Gasteiger partial charge is 0.490 e. The zero-order valence-electron chi connectivity index (χ0n) is 17.9. The van der Waals surface area contributed by atoms with Gasteiger partial charge in [0.25, 0.3) is 0 Å². The summed E-state index contributed by atoms with van der Waals surface area (Å²) in [4.78, 5) is 6.92. The Balaban J connectivity index is 1.10. The molecule has 2 fully saturated rings. The highest BCUT2D eigenvalue weighted by Crippen LogP contribution is 2.32. The summed E-state index contributed by atoms with van der Waals surface area (Å²) < 4.78 is 6.01. The third-order valence-corrected chi connectivity index (χ3v) is 7.05. The van der Waals surface area contributed by atoms with Gasteiger partial charge in [0.1, 0.15) is 12.4 Å². The molecule has 0 bridgehead atoms. The van der Waals surface area contributed by atoms with Crippen LogP contribution in [-0.4, -0.2) is 43.3 Å². The Bertz CT molecular complexity index is 827. The molecule has 1 aromatic heterocycles. The molecule has 0 radical (unpaired) electrons. The summed E-state index contributed by atoms with van der Waals surface area (Å²) in [6, 6.07) is 12.1. The Morgan fingerprint density at radius 1 is 1.03 bits per heavy atom. The van der Waals surface area contributed by atoms with Gasteiger partial charge in [-0.1, -0.05) is 18.2 Å². The van der Waals surface area contributed by atoms with Crippen molar-refractivity contribution in [1.82, 2.24) is 10.3 Å². The number of hydrogen-bond acceptors (Lipinski definition) is 5. The number of pyridine rings is 1. The molecule has 160 valence electrons. The molecule has 0 aliphatic carbocycles. The Kier molecular flexibility index (Phi) is 6.07. The monoisotopic (exact) mass is 406 g/mol. The van der Waals surface area contributed by atoms with Gasteiger partial charge < -0.3 is 20.3 Å². The smallest absolute Gasteiger partial charge is 0.139 e. The minimum atomic E-state index is 0.491. The highest BCUT2D eigenvalue weighted by atomic mass is 16.5. The number of rotatable bonds is 6. The molecule has 4 heterocycles. The minimum Gasteiger partial charge on any atom is -0.490 e. The van der Waals surface area contributed by atoms with E-state index in [0.717, 1.165) is 37.9 Å². The fraction of sp³-hybridized carbons (Fsp3) is 0.560. The Labute approximate surface area is 180 Å². The van der Waals surface area contributed by atoms with Gasteiger partial charge in [-0.15, -0.1) is 0 Å². The number of benzene rings is 1. The quantitative estimate of drug-likeness (QED) is 0.751. The fourth-order valence-electron chi connectivity index (χ4n) is 5.26. The van der Waals surface area contributed by atoms with Crippen molar-refractivity contribution in [2.45, 2.75) is 57.0 Å². The van der Waals surface area contributed by atoms with Crippen LogP contribution in [0.4, 0.5) is 11.4 Å². The molecule has 0 spiro atoms. The molecule has 2 aromatic rings. The number of nitrogens with zero attached hydrogens (tertiary/aromatic N) is 2. The van der Waals surface area contributed by atoms with Crippen molar-refractivity contribution < 1.29 is 4.74 Å². The first-order chi connectivity index (χ1) is 14.8. The maximum absolute atomic E-state index is 6.01. The second-order valence-corrected chi connectivity index (χ2v) is 9.19. The van der Waals surface area contributed by atoms with Crippen molar-refractivity contribution in [3.8, 4) is 5.75 Å². The standard InChI is InChI=1S/C25H34N4O/c1-2-6-25-20(4-1)7-8-21(28-25)14-19-9-12-29(13-10-19)23-15-24(17-26-16-23)30-18-22-5-3-11-27-22/h1-2,4,6,15-17,19,21-22,27-28H,3,5,7-14,18H2/t21-,22+/m1/s1. The molecule has 5 rings (SSSR count). The van der Waals surface area contributed by atoms with Crippen molar-refractivity contribution in [1.29, 1.82) is 0 Å². The first-order valence-electron chi connectivity index (χ1n) is 11.7. The average Bonchev–Trinajstić information content (AvgIpc) is 3.32. The van der Waals surface area contributed by atoms with Gasteiger partial charge in [0, 0.05) is 36.9 Å². The first-order valence-corrected chi connectivity index (χ1v) is 11.7. The van der Waals surface area contributed by atoms with E-state index in [4.69, 9.17) is 4.74 Å². The van der Waals surface area contributed by atoms with Gasteiger partial charge in [0.15, 0.2) is 0 Å². The number of para-hydroxylation sites is 1. The highest BCUT2D eigenvalue weighted by molar-refractivity contribution is 5.53. The molecule has 3 aliphatic heterocycles. The molecule has 2 saturated heterocycles. The van der Waals surface area contributed by atoms with Crippen LogP contribution in [0.1, 0.15) is 44.1 Å². The number of aryl methyl sites for hydroxylation is 1. The van der Waals surface area contributed by atoms with E-state index >= 15 is 0 Å². The van der Waals surface area contributed by atoms with Crippen LogP contribution in [0, 0.1) is 5.92 Å². The molecule has 0 saturated carbocycles. The van der Waals surface area contributed by atoms with Crippen LogP contribution in [-0.2, 0) is 6.42 Å². The SMILES string of the molecule is c1ccc2c(c1)CC[C@H](CC1CCN(c3cncc(OC[C@@H]4CCCN4)c3)CC1)N2. The number of hydrogen-bond donors (Lipinski definition) is 2. The van der Waals surface area contributed by atoms with Crippen molar-refractivity contribution in [2.75, 3.05) is 36.5 Å². The predicted octanol–water partition coefficient (Wildman–Crippen LogP) is 4.25. The van der Waals surface area contributed by atoms with Crippen LogP contribution in [0.15, 0.2) is 42.7 Å². The summed E-state index contributed by atoms with van der Waals surface area (Å²) in [7, 11) is 0. The van der Waals surface area contributed by atoms with Crippen LogP contribution in [0.5, 0.6) is 5.75 Å². The molecular formula is C25H34N4O. The van der Waals surface area contributed by atoms with Crippen LogP contribution in [0.2, 0.25) is 0 Å². The maximum Gasteiger partial charge on any atom is 0.139 e. The summed E-state index contributed by atoms with van der Waals surface area (Å²) in [6.45, 7) is 4.08. The minimum absolute atomic E-state index is 0.491. The van der Waals surface area contributed by atoms with Crippen LogP contribution >= 0.6 is 0 Å². The van der Waals surface area contributed by atoms with Crippen molar-refractivity contribution >= 4 is 11.4 Å². The lowest BCUT2D eigenvalue weighted by Gasteiger charge is -2.36. The van der Waals surface area contributed by atoms with E-state index in [2.05, 4.69) is 50.8 Å². The number of fused-ring (bicyclic) bond motifs is 1. The number of ether oxygens (including phenoxy) is 1. The van der Waals surface area contributed by atoms with E-state index < -0.39 is 0 Å². The first kappa shape index (κ1) is 19.7. The van der Waals surface area contributed by atoms with Crippen LogP contribution in [0.25, 0.3) is 0 Å². The Morgan fingerprint density at radius 2 is 1.93 bits per heavy atom. The lowest BCUT2D eigenvalue weighted by atomic mass is 9.86. The van der Waals surface area contributed by atoms with Crippen molar-refractivity contribution in [2.24, 2.45) is 5.92 Å². The van der Waals surface area contributed by atoms with Gasteiger partial charge in [0.2, 0.25) is 0 Å². The van der Waals surface area contributed by atoms with Crippen LogP contribution in [0.3, 0.4) is 0 Å². The van der Waals surface area contributed by atoms with E-state index in [1.54, 1.807) is 0 Å². The summed E-state index contributed by atoms with van der Waals surface area (Å²) in [6.07, 6.45) is 12.6. The molecule has 0 amide bonds. The average molecular weight is 407 g/mol. The molecule has 0 unspecified atom stereocenters. The third-order valence-electron chi connectivity index (χ3n) is 7.05. The van der Waals surface area contributed by atoms with E-state index in [-0.39, 0.29) is 0 Å². The summed E-state index contributed by atoms with van der Waals surface area (Å²) in [5, 5.41) is 7.27. The molecule has 2 atom stereocenters. The van der Waals surface area contributed by atoms with Crippen molar-refractivity contribution in [3.05, 3.63) is 48.3 Å². The van der Waals surface area contributed by atoms with E-state index in [9.17, 15) is 0 Å². The van der Waals surface area contributed by atoms with E-state index in [1.807, 2.05) is 12.4 Å². The van der Waals surface area contributed by atoms with Crippen molar-refractivity contribution in [3.63, 3.8) is 0 Å². The Morgan fingerprint density at radius 3 is 2.80 bits per heavy atom. The maximum atomic E-state index is 6.01. The second kappa shape index (κ2) is 9.25.